The Bertz CT molecular complexity index is 585. The molecule has 0 unspecified atom stereocenters. The van der Waals surface area contributed by atoms with Crippen LogP contribution in [0.15, 0.2) is 30.3 Å². The summed E-state index contributed by atoms with van der Waals surface area (Å²) in [6.07, 6.45) is 0.155. The minimum atomic E-state index is 0.155. The Balaban J connectivity index is 2.10. The second-order valence-electron chi connectivity index (χ2n) is 4.84. The Kier molecular flexibility index (Phi) is 4.94. The molecule has 1 aromatic heterocycles. The lowest BCUT2D eigenvalue weighted by Crippen LogP contribution is -2.06. The summed E-state index contributed by atoms with van der Waals surface area (Å²) in [5, 5.41) is 3.18. The first kappa shape index (κ1) is 15.1. The van der Waals surface area contributed by atoms with Gasteiger partial charge in [0.2, 0.25) is 0 Å². The number of methoxy groups -OCH3 is 1. The van der Waals surface area contributed by atoms with Crippen molar-refractivity contribution in [2.45, 2.75) is 26.6 Å². The fourth-order valence-electron chi connectivity index (χ4n) is 1.81. The zero-order valence-electron chi connectivity index (χ0n) is 12.5. The van der Waals surface area contributed by atoms with Gasteiger partial charge in [0.15, 0.2) is 5.82 Å². The lowest BCUT2D eigenvalue weighted by atomic mass is 10.3. The topological polar surface area (TPSA) is 82.3 Å². The smallest absolute Gasteiger partial charge is 0.158 e. The predicted octanol–water partition coefficient (Wildman–Crippen LogP) is 2.74. The summed E-state index contributed by atoms with van der Waals surface area (Å²) in [4.78, 5) is 8.42. The van der Waals surface area contributed by atoms with Crippen molar-refractivity contribution in [2.75, 3.05) is 18.2 Å². The van der Waals surface area contributed by atoms with Crippen LogP contribution in [0, 0.1) is 0 Å². The maximum absolute atomic E-state index is 5.76. The van der Waals surface area contributed by atoms with Crippen LogP contribution in [0.5, 0.6) is 5.75 Å². The van der Waals surface area contributed by atoms with E-state index in [1.54, 1.807) is 13.2 Å². The van der Waals surface area contributed by atoms with Crippen LogP contribution >= 0.6 is 0 Å². The molecule has 0 bridgehead atoms. The summed E-state index contributed by atoms with van der Waals surface area (Å²) in [7, 11) is 1.59. The number of nitrogen functional groups attached to an aromatic ring is 1. The minimum Gasteiger partial charge on any atom is -0.491 e. The summed E-state index contributed by atoms with van der Waals surface area (Å²) < 4.78 is 10.6. The van der Waals surface area contributed by atoms with E-state index in [9.17, 15) is 0 Å². The first-order valence-corrected chi connectivity index (χ1v) is 6.73. The molecule has 112 valence electrons. The quantitative estimate of drug-likeness (QED) is 0.850. The first-order chi connectivity index (χ1) is 10.1. The molecule has 0 aliphatic rings. The van der Waals surface area contributed by atoms with E-state index in [0.29, 0.717) is 24.1 Å². The van der Waals surface area contributed by atoms with Crippen molar-refractivity contribution in [2.24, 2.45) is 0 Å². The van der Waals surface area contributed by atoms with Crippen LogP contribution in [0.2, 0.25) is 0 Å². The van der Waals surface area contributed by atoms with Crippen LogP contribution in [0.25, 0.3) is 0 Å². The highest BCUT2D eigenvalue weighted by molar-refractivity contribution is 5.59. The van der Waals surface area contributed by atoms with E-state index < -0.39 is 0 Å². The highest BCUT2D eigenvalue weighted by atomic mass is 16.5. The van der Waals surface area contributed by atoms with Crippen molar-refractivity contribution in [3.8, 4) is 5.75 Å². The van der Waals surface area contributed by atoms with Gasteiger partial charge in [-0.05, 0) is 38.1 Å². The van der Waals surface area contributed by atoms with E-state index >= 15 is 0 Å². The van der Waals surface area contributed by atoms with Gasteiger partial charge >= 0.3 is 0 Å². The third-order valence-corrected chi connectivity index (χ3v) is 2.56. The van der Waals surface area contributed by atoms with Gasteiger partial charge in [0, 0.05) is 18.9 Å². The molecule has 1 heterocycles. The van der Waals surface area contributed by atoms with E-state index in [1.165, 1.54) is 0 Å². The standard InChI is InChI=1S/C15H20N4O2/c1-10(2)21-12-6-4-11(5-7-12)17-14-8-13(16)18-15(19-14)9-20-3/h4-8,10H,9H2,1-3H3,(H3,16,17,18,19). The normalized spacial score (nSPS) is 10.7. The average Bonchev–Trinajstić information content (AvgIpc) is 2.40. The molecule has 2 aromatic rings. The van der Waals surface area contributed by atoms with Crippen molar-refractivity contribution in [3.05, 3.63) is 36.2 Å². The molecule has 6 heteroatoms. The van der Waals surface area contributed by atoms with Crippen molar-refractivity contribution in [1.82, 2.24) is 9.97 Å². The minimum absolute atomic E-state index is 0.155. The largest absolute Gasteiger partial charge is 0.491 e. The molecule has 0 saturated carbocycles. The summed E-state index contributed by atoms with van der Waals surface area (Å²) in [5.41, 5.74) is 6.65. The van der Waals surface area contributed by atoms with E-state index in [1.807, 2.05) is 38.1 Å². The van der Waals surface area contributed by atoms with Gasteiger partial charge < -0.3 is 20.5 Å². The second-order valence-corrected chi connectivity index (χ2v) is 4.84. The number of rotatable bonds is 6. The van der Waals surface area contributed by atoms with Crippen LogP contribution in [0.3, 0.4) is 0 Å². The van der Waals surface area contributed by atoms with Gasteiger partial charge in [-0.15, -0.1) is 0 Å². The fraction of sp³-hybridized carbons (Fsp3) is 0.333. The van der Waals surface area contributed by atoms with Crippen LogP contribution in [-0.2, 0) is 11.3 Å². The number of nitrogens with two attached hydrogens (primary N) is 1. The molecule has 6 nitrogen and oxygen atoms in total. The van der Waals surface area contributed by atoms with Gasteiger partial charge in [-0.2, -0.15) is 0 Å². The van der Waals surface area contributed by atoms with E-state index in [4.69, 9.17) is 15.2 Å². The maximum Gasteiger partial charge on any atom is 0.158 e. The first-order valence-electron chi connectivity index (χ1n) is 6.73. The highest BCUT2D eigenvalue weighted by Gasteiger charge is 2.04. The van der Waals surface area contributed by atoms with Gasteiger partial charge in [0.25, 0.3) is 0 Å². The summed E-state index contributed by atoms with van der Waals surface area (Å²) >= 11 is 0. The Morgan fingerprint density at radius 2 is 1.90 bits per heavy atom. The average molecular weight is 288 g/mol. The second kappa shape index (κ2) is 6.90. The monoisotopic (exact) mass is 288 g/mol. The molecule has 0 atom stereocenters. The van der Waals surface area contributed by atoms with Crippen molar-refractivity contribution >= 4 is 17.3 Å². The Morgan fingerprint density at radius 3 is 2.52 bits per heavy atom. The van der Waals surface area contributed by atoms with Gasteiger partial charge in [-0.25, -0.2) is 9.97 Å². The molecule has 21 heavy (non-hydrogen) atoms. The van der Waals surface area contributed by atoms with Crippen LogP contribution in [0.4, 0.5) is 17.3 Å². The van der Waals surface area contributed by atoms with Gasteiger partial charge in [0.1, 0.15) is 24.0 Å². The molecule has 0 amide bonds. The predicted molar refractivity (Wildman–Crippen MR) is 82.6 cm³/mol. The molecule has 0 aliphatic heterocycles. The Hall–Kier alpha value is -2.34. The van der Waals surface area contributed by atoms with Crippen molar-refractivity contribution < 1.29 is 9.47 Å². The SMILES string of the molecule is COCc1nc(N)cc(Nc2ccc(OC(C)C)cc2)n1. The summed E-state index contributed by atoms with van der Waals surface area (Å²) in [6.45, 7) is 4.31. The number of aromatic nitrogens is 2. The van der Waals surface area contributed by atoms with Gasteiger partial charge in [0.05, 0.1) is 6.10 Å². The third-order valence-electron chi connectivity index (χ3n) is 2.56. The molecule has 1 aromatic carbocycles. The van der Waals surface area contributed by atoms with Crippen LogP contribution < -0.4 is 15.8 Å². The zero-order chi connectivity index (χ0) is 15.2. The molecule has 3 N–H and O–H groups in total. The summed E-state index contributed by atoms with van der Waals surface area (Å²) in [6, 6.07) is 9.33. The van der Waals surface area contributed by atoms with E-state index in [2.05, 4.69) is 15.3 Å². The number of nitrogens with one attached hydrogen (secondary N) is 1. The lowest BCUT2D eigenvalue weighted by molar-refractivity contribution is 0.178. The van der Waals surface area contributed by atoms with Gasteiger partial charge in [-0.1, -0.05) is 0 Å². The van der Waals surface area contributed by atoms with Gasteiger partial charge in [-0.3, -0.25) is 0 Å². The molecule has 0 saturated heterocycles. The van der Waals surface area contributed by atoms with Crippen LogP contribution in [0.1, 0.15) is 19.7 Å². The molecule has 0 spiro atoms. The number of nitrogens with zero attached hydrogens (tertiary/aromatic N) is 2. The van der Waals surface area contributed by atoms with E-state index in [-0.39, 0.29) is 6.10 Å². The number of hydrogen-bond acceptors (Lipinski definition) is 6. The molecular formula is C15H20N4O2. The van der Waals surface area contributed by atoms with Crippen molar-refractivity contribution in [1.29, 1.82) is 0 Å². The zero-order valence-corrected chi connectivity index (χ0v) is 12.5. The van der Waals surface area contributed by atoms with Crippen LogP contribution in [-0.4, -0.2) is 23.2 Å². The highest BCUT2D eigenvalue weighted by Crippen LogP contribution is 2.20. The number of hydrogen-bond donors (Lipinski definition) is 2. The third kappa shape index (κ3) is 4.61. The molecule has 0 fully saturated rings. The Labute approximate surface area is 124 Å². The number of benzene rings is 1. The summed E-state index contributed by atoms with van der Waals surface area (Å²) in [5.74, 6) is 2.41. The molecule has 0 aliphatic carbocycles. The number of ether oxygens (including phenoxy) is 2. The Morgan fingerprint density at radius 1 is 1.19 bits per heavy atom. The molecule has 2 rings (SSSR count). The maximum atomic E-state index is 5.76. The van der Waals surface area contributed by atoms with Crippen molar-refractivity contribution in [3.63, 3.8) is 0 Å². The fourth-order valence-corrected chi connectivity index (χ4v) is 1.81. The molecular weight excluding hydrogens is 268 g/mol. The lowest BCUT2D eigenvalue weighted by Gasteiger charge is -2.11. The molecule has 0 radical (unpaired) electrons. The number of anilines is 3. The van der Waals surface area contributed by atoms with E-state index in [0.717, 1.165) is 11.4 Å².